The van der Waals surface area contributed by atoms with Gasteiger partial charge in [0.25, 0.3) is 0 Å². The van der Waals surface area contributed by atoms with Crippen molar-refractivity contribution in [2.45, 2.75) is 51.9 Å². The van der Waals surface area contributed by atoms with Crippen LogP contribution in [-0.4, -0.2) is 19.9 Å². The van der Waals surface area contributed by atoms with Crippen molar-refractivity contribution in [3.8, 4) is 6.07 Å². The molecule has 0 rings (SSSR count). The maximum Gasteiger partial charge on any atom is 0.150 e. The Hall–Kier alpha value is -0.560. The van der Waals surface area contributed by atoms with E-state index in [9.17, 15) is 8.42 Å². The van der Waals surface area contributed by atoms with Gasteiger partial charge >= 0.3 is 0 Å². The average molecular weight is 231 g/mol. The number of sulfone groups is 1. The first-order valence-corrected chi connectivity index (χ1v) is 7.52. The van der Waals surface area contributed by atoms with Gasteiger partial charge in [-0.15, -0.1) is 0 Å². The van der Waals surface area contributed by atoms with Crippen molar-refractivity contribution < 1.29 is 8.42 Å². The standard InChI is InChI=1S/C11H21NO2S/c1-2-3-4-5-7-10-15(13,14)11-8-6-9-12/h2-8,10-11H2,1H3. The van der Waals surface area contributed by atoms with Crippen LogP contribution in [0, 0.1) is 11.3 Å². The third-order valence-corrected chi connectivity index (χ3v) is 4.12. The number of nitriles is 1. The van der Waals surface area contributed by atoms with Crippen molar-refractivity contribution in [1.82, 2.24) is 0 Å². The highest BCUT2D eigenvalue weighted by Crippen LogP contribution is 2.06. The lowest BCUT2D eigenvalue weighted by Gasteiger charge is -2.02. The Morgan fingerprint density at radius 1 is 1.00 bits per heavy atom. The summed E-state index contributed by atoms with van der Waals surface area (Å²) in [5, 5.41) is 8.29. The van der Waals surface area contributed by atoms with Crippen LogP contribution in [0.15, 0.2) is 0 Å². The molecule has 0 aliphatic carbocycles. The van der Waals surface area contributed by atoms with Gasteiger partial charge in [-0.05, 0) is 12.8 Å². The highest BCUT2D eigenvalue weighted by molar-refractivity contribution is 7.91. The van der Waals surface area contributed by atoms with Gasteiger partial charge in [-0.2, -0.15) is 5.26 Å². The molecule has 0 spiro atoms. The largest absolute Gasteiger partial charge is 0.229 e. The summed E-state index contributed by atoms with van der Waals surface area (Å²) in [4.78, 5) is 0. The molecule has 15 heavy (non-hydrogen) atoms. The molecule has 0 aliphatic rings. The minimum Gasteiger partial charge on any atom is -0.229 e. The monoisotopic (exact) mass is 231 g/mol. The molecular formula is C11H21NO2S. The highest BCUT2D eigenvalue weighted by Gasteiger charge is 2.09. The lowest BCUT2D eigenvalue weighted by molar-refractivity contribution is 0.584. The Balaban J connectivity index is 3.53. The molecule has 0 radical (unpaired) electrons. The van der Waals surface area contributed by atoms with Gasteiger partial charge in [0.15, 0.2) is 0 Å². The number of hydrogen-bond donors (Lipinski definition) is 0. The summed E-state index contributed by atoms with van der Waals surface area (Å²) < 4.78 is 22.9. The molecule has 0 aromatic heterocycles. The Morgan fingerprint density at radius 3 is 2.20 bits per heavy atom. The van der Waals surface area contributed by atoms with E-state index in [1.165, 1.54) is 12.8 Å². The van der Waals surface area contributed by atoms with Crippen molar-refractivity contribution in [2.24, 2.45) is 0 Å². The summed E-state index contributed by atoms with van der Waals surface area (Å²) in [6.45, 7) is 2.14. The molecule has 4 heteroatoms. The molecule has 88 valence electrons. The van der Waals surface area contributed by atoms with Crippen molar-refractivity contribution in [3.05, 3.63) is 0 Å². The molecule has 0 aliphatic heterocycles. The summed E-state index contributed by atoms with van der Waals surface area (Å²) >= 11 is 0. The van der Waals surface area contributed by atoms with E-state index in [0.29, 0.717) is 18.6 Å². The van der Waals surface area contributed by atoms with E-state index in [0.717, 1.165) is 19.3 Å². The summed E-state index contributed by atoms with van der Waals surface area (Å²) in [6, 6.07) is 1.96. The first-order valence-electron chi connectivity index (χ1n) is 5.69. The minimum atomic E-state index is -2.89. The zero-order valence-corrected chi connectivity index (χ0v) is 10.4. The highest BCUT2D eigenvalue weighted by atomic mass is 32.2. The maximum absolute atomic E-state index is 11.4. The normalized spacial score (nSPS) is 11.2. The van der Waals surface area contributed by atoms with Gasteiger partial charge in [0.2, 0.25) is 0 Å². The van der Waals surface area contributed by atoms with Crippen molar-refractivity contribution >= 4 is 9.84 Å². The average Bonchev–Trinajstić information content (AvgIpc) is 2.17. The van der Waals surface area contributed by atoms with Crippen LogP contribution in [-0.2, 0) is 9.84 Å². The fourth-order valence-corrected chi connectivity index (χ4v) is 2.83. The smallest absolute Gasteiger partial charge is 0.150 e. The summed E-state index contributed by atoms with van der Waals surface area (Å²) in [6.07, 6.45) is 6.09. The van der Waals surface area contributed by atoms with Crippen molar-refractivity contribution in [1.29, 1.82) is 5.26 Å². The zero-order chi connectivity index (χ0) is 11.6. The van der Waals surface area contributed by atoms with Crippen LogP contribution in [0.4, 0.5) is 0 Å². The Morgan fingerprint density at radius 2 is 1.60 bits per heavy atom. The summed E-state index contributed by atoms with van der Waals surface area (Å²) in [5.74, 6) is 0.469. The second-order valence-electron chi connectivity index (χ2n) is 3.83. The molecule has 0 heterocycles. The summed E-state index contributed by atoms with van der Waals surface area (Å²) in [5.41, 5.74) is 0. The molecule has 0 aromatic rings. The number of hydrogen-bond acceptors (Lipinski definition) is 3. The SMILES string of the molecule is CCCCCCCS(=O)(=O)CCCC#N. The van der Waals surface area contributed by atoms with Gasteiger partial charge in [-0.25, -0.2) is 8.42 Å². The Kier molecular flexibility index (Phi) is 8.40. The van der Waals surface area contributed by atoms with E-state index in [1.807, 2.05) is 6.07 Å². The van der Waals surface area contributed by atoms with E-state index in [-0.39, 0.29) is 5.75 Å². The minimum absolute atomic E-state index is 0.175. The van der Waals surface area contributed by atoms with Gasteiger partial charge in [-0.3, -0.25) is 0 Å². The molecule has 0 saturated carbocycles. The van der Waals surface area contributed by atoms with Crippen LogP contribution in [0.3, 0.4) is 0 Å². The van der Waals surface area contributed by atoms with Crippen LogP contribution in [0.1, 0.15) is 51.9 Å². The van der Waals surface area contributed by atoms with Crippen molar-refractivity contribution in [3.63, 3.8) is 0 Å². The van der Waals surface area contributed by atoms with Gasteiger partial charge in [-0.1, -0.05) is 32.6 Å². The third-order valence-electron chi connectivity index (χ3n) is 2.30. The molecule has 3 nitrogen and oxygen atoms in total. The molecule has 0 aromatic carbocycles. The fraction of sp³-hybridized carbons (Fsp3) is 0.909. The maximum atomic E-state index is 11.4. The number of unbranched alkanes of at least 4 members (excludes halogenated alkanes) is 5. The molecule has 0 saturated heterocycles. The van der Waals surface area contributed by atoms with Crippen LogP contribution in [0.5, 0.6) is 0 Å². The molecular weight excluding hydrogens is 210 g/mol. The molecule has 0 bridgehead atoms. The lowest BCUT2D eigenvalue weighted by Crippen LogP contribution is -2.10. The zero-order valence-electron chi connectivity index (χ0n) is 9.54. The van der Waals surface area contributed by atoms with E-state index in [4.69, 9.17) is 5.26 Å². The second-order valence-corrected chi connectivity index (χ2v) is 6.13. The first kappa shape index (κ1) is 14.4. The van der Waals surface area contributed by atoms with Gasteiger partial charge in [0.05, 0.1) is 17.6 Å². The third kappa shape index (κ3) is 9.74. The first-order chi connectivity index (χ1) is 7.12. The van der Waals surface area contributed by atoms with E-state index in [2.05, 4.69) is 6.92 Å². The van der Waals surface area contributed by atoms with Crippen LogP contribution in [0.2, 0.25) is 0 Å². The van der Waals surface area contributed by atoms with Gasteiger partial charge < -0.3 is 0 Å². The van der Waals surface area contributed by atoms with Crippen molar-refractivity contribution in [2.75, 3.05) is 11.5 Å². The molecule has 0 fully saturated rings. The van der Waals surface area contributed by atoms with Crippen LogP contribution in [0.25, 0.3) is 0 Å². The molecule has 0 atom stereocenters. The second kappa shape index (κ2) is 8.72. The number of rotatable bonds is 9. The Bertz CT molecular complexity index is 277. The van der Waals surface area contributed by atoms with E-state index < -0.39 is 9.84 Å². The molecule has 0 unspecified atom stereocenters. The summed E-state index contributed by atoms with van der Waals surface area (Å²) in [7, 11) is -2.89. The number of nitrogens with zero attached hydrogens (tertiary/aromatic N) is 1. The van der Waals surface area contributed by atoms with Gasteiger partial charge in [0.1, 0.15) is 9.84 Å². The quantitative estimate of drug-likeness (QED) is 0.573. The van der Waals surface area contributed by atoms with Gasteiger partial charge in [0, 0.05) is 6.42 Å². The van der Waals surface area contributed by atoms with Crippen LogP contribution >= 0.6 is 0 Å². The van der Waals surface area contributed by atoms with Crippen LogP contribution < -0.4 is 0 Å². The Labute approximate surface area is 93.4 Å². The predicted molar refractivity (Wildman–Crippen MR) is 62.3 cm³/mol. The molecule has 0 amide bonds. The van der Waals surface area contributed by atoms with E-state index >= 15 is 0 Å². The topological polar surface area (TPSA) is 57.9 Å². The van der Waals surface area contributed by atoms with E-state index in [1.54, 1.807) is 0 Å². The molecule has 0 N–H and O–H groups in total. The predicted octanol–water partition coefficient (Wildman–Crippen LogP) is 2.68. The fourth-order valence-electron chi connectivity index (χ4n) is 1.40. The lowest BCUT2D eigenvalue weighted by atomic mass is 10.2.